The quantitative estimate of drug-likeness (QED) is 0.563. The Morgan fingerprint density at radius 2 is 1.43 bits per heavy atom. The maximum absolute atomic E-state index is 5.71. The van der Waals surface area contributed by atoms with Gasteiger partial charge in [0.25, 0.3) is 0 Å². The van der Waals surface area contributed by atoms with Crippen LogP contribution in [0.25, 0.3) is 0 Å². The molecule has 0 fully saturated rings. The fourth-order valence-corrected chi connectivity index (χ4v) is 2.53. The number of nitrogens with zero attached hydrogens (tertiary/aromatic N) is 1. The molecule has 2 aromatic heterocycles. The van der Waals surface area contributed by atoms with E-state index >= 15 is 0 Å². The Kier molecular flexibility index (Phi) is 7.43. The van der Waals surface area contributed by atoms with Gasteiger partial charge in [-0.25, -0.2) is 0 Å². The minimum atomic E-state index is 0.794. The molecular formula is C19H29NO3. The lowest BCUT2D eigenvalue weighted by Gasteiger charge is -2.20. The molecule has 2 heterocycles. The van der Waals surface area contributed by atoms with E-state index in [1.165, 1.54) is 6.42 Å². The number of aryl methyl sites for hydroxylation is 2. The van der Waals surface area contributed by atoms with E-state index in [9.17, 15) is 0 Å². The Labute approximate surface area is 139 Å². The van der Waals surface area contributed by atoms with Crippen LogP contribution in [0.4, 0.5) is 0 Å². The third-order valence-corrected chi connectivity index (χ3v) is 3.76. The molecule has 0 spiro atoms. The van der Waals surface area contributed by atoms with Crippen LogP contribution < -0.4 is 0 Å². The Hall–Kier alpha value is -1.52. The molecule has 23 heavy (non-hydrogen) atoms. The zero-order chi connectivity index (χ0) is 16.5. The van der Waals surface area contributed by atoms with E-state index in [-0.39, 0.29) is 0 Å². The first-order chi connectivity index (χ1) is 11.2. The van der Waals surface area contributed by atoms with Crippen LogP contribution in [0.15, 0.2) is 33.1 Å². The standard InChI is InChI=1S/C19H29NO3/c1-4-5-12-21-13-6-11-20(14-18-9-7-16(2)22-18)15-19-10-8-17(3)23-19/h7-10H,4-6,11-15H2,1-3H3. The third-order valence-electron chi connectivity index (χ3n) is 3.76. The van der Waals surface area contributed by atoms with E-state index in [4.69, 9.17) is 13.6 Å². The Balaban J connectivity index is 1.83. The highest BCUT2D eigenvalue weighted by Gasteiger charge is 2.11. The van der Waals surface area contributed by atoms with Gasteiger partial charge in [-0.15, -0.1) is 0 Å². The Morgan fingerprint density at radius 3 is 1.91 bits per heavy atom. The average molecular weight is 319 g/mol. The van der Waals surface area contributed by atoms with Gasteiger partial charge in [0.2, 0.25) is 0 Å². The summed E-state index contributed by atoms with van der Waals surface area (Å²) in [5, 5.41) is 0. The summed E-state index contributed by atoms with van der Waals surface area (Å²) >= 11 is 0. The van der Waals surface area contributed by atoms with Crippen LogP contribution in [-0.4, -0.2) is 24.7 Å². The first-order valence-corrected chi connectivity index (χ1v) is 8.58. The lowest BCUT2D eigenvalue weighted by Crippen LogP contribution is -2.24. The number of furan rings is 2. The molecule has 0 bridgehead atoms. The van der Waals surface area contributed by atoms with Crippen LogP contribution in [0.5, 0.6) is 0 Å². The summed E-state index contributed by atoms with van der Waals surface area (Å²) < 4.78 is 17.1. The van der Waals surface area contributed by atoms with Crippen LogP contribution in [0, 0.1) is 13.8 Å². The Morgan fingerprint density at radius 1 is 0.870 bits per heavy atom. The zero-order valence-corrected chi connectivity index (χ0v) is 14.6. The van der Waals surface area contributed by atoms with Crippen molar-refractivity contribution in [2.45, 2.75) is 53.1 Å². The van der Waals surface area contributed by atoms with Gasteiger partial charge in [0.15, 0.2) is 0 Å². The molecule has 0 N–H and O–H groups in total. The third kappa shape index (κ3) is 6.63. The van der Waals surface area contributed by atoms with E-state index in [0.29, 0.717) is 0 Å². The summed E-state index contributed by atoms with van der Waals surface area (Å²) in [6, 6.07) is 8.12. The first-order valence-electron chi connectivity index (χ1n) is 8.58. The van der Waals surface area contributed by atoms with Gasteiger partial charge in [-0.1, -0.05) is 13.3 Å². The molecule has 0 atom stereocenters. The second-order valence-electron chi connectivity index (χ2n) is 6.05. The molecule has 0 radical (unpaired) electrons. The van der Waals surface area contributed by atoms with Crippen LogP contribution in [0.2, 0.25) is 0 Å². The molecule has 0 aromatic carbocycles. The molecule has 0 unspecified atom stereocenters. The van der Waals surface area contributed by atoms with Gasteiger partial charge < -0.3 is 13.6 Å². The number of hydrogen-bond acceptors (Lipinski definition) is 4. The smallest absolute Gasteiger partial charge is 0.118 e. The van der Waals surface area contributed by atoms with Gasteiger partial charge in [-0.3, -0.25) is 4.90 Å². The summed E-state index contributed by atoms with van der Waals surface area (Å²) in [6.07, 6.45) is 3.34. The van der Waals surface area contributed by atoms with Crippen LogP contribution >= 0.6 is 0 Å². The minimum absolute atomic E-state index is 0.794. The van der Waals surface area contributed by atoms with E-state index < -0.39 is 0 Å². The zero-order valence-electron chi connectivity index (χ0n) is 14.6. The van der Waals surface area contributed by atoms with Crippen molar-refractivity contribution in [3.8, 4) is 0 Å². The predicted octanol–water partition coefficient (Wildman–Crippen LogP) is 4.70. The maximum Gasteiger partial charge on any atom is 0.118 e. The molecule has 0 saturated carbocycles. The van der Waals surface area contributed by atoms with Gasteiger partial charge in [0.1, 0.15) is 23.0 Å². The lowest BCUT2D eigenvalue weighted by molar-refractivity contribution is 0.112. The maximum atomic E-state index is 5.71. The topological polar surface area (TPSA) is 38.8 Å². The first kappa shape index (κ1) is 17.8. The monoisotopic (exact) mass is 319 g/mol. The second-order valence-corrected chi connectivity index (χ2v) is 6.05. The fourth-order valence-electron chi connectivity index (χ4n) is 2.53. The summed E-state index contributed by atoms with van der Waals surface area (Å²) in [7, 11) is 0. The van der Waals surface area contributed by atoms with Crippen LogP contribution in [0.3, 0.4) is 0 Å². The number of rotatable bonds is 11. The van der Waals surface area contributed by atoms with E-state index in [0.717, 1.165) is 68.7 Å². The average Bonchev–Trinajstić information content (AvgIpc) is 3.11. The highest BCUT2D eigenvalue weighted by molar-refractivity contribution is 5.07. The molecule has 2 rings (SSSR count). The molecule has 0 aliphatic rings. The number of unbranched alkanes of at least 4 members (excludes halogenated alkanes) is 1. The summed E-state index contributed by atoms with van der Waals surface area (Å²) in [4.78, 5) is 2.35. The molecule has 0 aliphatic carbocycles. The van der Waals surface area contributed by atoms with Crippen molar-refractivity contribution in [2.24, 2.45) is 0 Å². The molecule has 0 saturated heterocycles. The predicted molar refractivity (Wildman–Crippen MR) is 91.3 cm³/mol. The summed E-state index contributed by atoms with van der Waals surface area (Å²) in [5.74, 6) is 3.91. The molecule has 0 amide bonds. The van der Waals surface area contributed by atoms with Crippen molar-refractivity contribution in [3.63, 3.8) is 0 Å². The van der Waals surface area contributed by atoms with Crippen LogP contribution in [0.1, 0.15) is 49.2 Å². The van der Waals surface area contributed by atoms with Crippen molar-refractivity contribution >= 4 is 0 Å². The van der Waals surface area contributed by atoms with Crippen molar-refractivity contribution in [1.29, 1.82) is 0 Å². The molecule has 0 aliphatic heterocycles. The molecule has 128 valence electrons. The summed E-state index contributed by atoms with van der Waals surface area (Å²) in [6.45, 7) is 10.4. The van der Waals surface area contributed by atoms with Crippen LogP contribution in [-0.2, 0) is 17.8 Å². The van der Waals surface area contributed by atoms with E-state index in [2.05, 4.69) is 11.8 Å². The van der Waals surface area contributed by atoms with E-state index in [1.807, 2.05) is 38.1 Å². The fraction of sp³-hybridized carbons (Fsp3) is 0.579. The Bertz CT molecular complexity index is 516. The highest BCUT2D eigenvalue weighted by Crippen LogP contribution is 2.15. The molecule has 2 aromatic rings. The minimum Gasteiger partial charge on any atom is -0.465 e. The number of ether oxygens (including phenoxy) is 1. The van der Waals surface area contributed by atoms with Gasteiger partial charge in [-0.05, 0) is 51.0 Å². The largest absolute Gasteiger partial charge is 0.465 e. The summed E-state index contributed by atoms with van der Waals surface area (Å²) in [5.41, 5.74) is 0. The highest BCUT2D eigenvalue weighted by atomic mass is 16.5. The van der Waals surface area contributed by atoms with Gasteiger partial charge in [0, 0.05) is 19.8 Å². The lowest BCUT2D eigenvalue weighted by atomic mass is 10.3. The van der Waals surface area contributed by atoms with E-state index in [1.54, 1.807) is 0 Å². The normalized spacial score (nSPS) is 11.5. The van der Waals surface area contributed by atoms with Crippen molar-refractivity contribution in [2.75, 3.05) is 19.8 Å². The van der Waals surface area contributed by atoms with Crippen molar-refractivity contribution < 1.29 is 13.6 Å². The SMILES string of the molecule is CCCCOCCCN(Cc1ccc(C)o1)Cc1ccc(C)o1. The molecular weight excluding hydrogens is 290 g/mol. The van der Waals surface area contributed by atoms with Crippen molar-refractivity contribution in [3.05, 3.63) is 47.3 Å². The van der Waals surface area contributed by atoms with Gasteiger partial charge in [0.05, 0.1) is 13.1 Å². The second kappa shape index (κ2) is 9.58. The van der Waals surface area contributed by atoms with Gasteiger partial charge >= 0.3 is 0 Å². The number of hydrogen-bond donors (Lipinski definition) is 0. The van der Waals surface area contributed by atoms with Crippen molar-refractivity contribution in [1.82, 2.24) is 4.90 Å². The van der Waals surface area contributed by atoms with Gasteiger partial charge in [-0.2, -0.15) is 0 Å². The molecule has 4 nitrogen and oxygen atoms in total. The molecule has 4 heteroatoms.